The molecule has 0 aliphatic rings. The van der Waals surface area contributed by atoms with Gasteiger partial charge in [0.15, 0.2) is 9.84 Å². The molecule has 0 atom stereocenters. The molecule has 0 fully saturated rings. The molecule has 1 aromatic heterocycles. The van der Waals surface area contributed by atoms with Crippen LogP contribution in [0.1, 0.15) is 28.8 Å². The predicted molar refractivity (Wildman–Crippen MR) is 72.4 cm³/mol. The summed E-state index contributed by atoms with van der Waals surface area (Å²) < 4.78 is 29.7. The fourth-order valence-electron chi connectivity index (χ4n) is 1.93. The Labute approximate surface area is 116 Å². The van der Waals surface area contributed by atoms with Gasteiger partial charge in [-0.1, -0.05) is 25.1 Å². The Morgan fingerprint density at radius 2 is 1.90 bits per heavy atom. The zero-order chi connectivity index (χ0) is 14.8. The van der Waals surface area contributed by atoms with E-state index in [-0.39, 0.29) is 22.2 Å². The largest absolute Gasteiger partial charge is 0.475 e. The van der Waals surface area contributed by atoms with Gasteiger partial charge in [-0.25, -0.2) is 13.2 Å². The second-order valence-electron chi connectivity index (χ2n) is 4.29. The summed E-state index contributed by atoms with van der Waals surface area (Å²) in [6.45, 7) is 1.88. The lowest BCUT2D eigenvalue weighted by Crippen LogP contribution is -2.07. The zero-order valence-electron chi connectivity index (χ0n) is 10.9. The molecule has 2 rings (SSSR count). The van der Waals surface area contributed by atoms with Crippen molar-refractivity contribution in [2.45, 2.75) is 24.0 Å². The lowest BCUT2D eigenvalue weighted by molar-refractivity contribution is 0.0660. The predicted octanol–water partition coefficient (Wildman–Crippen LogP) is 2.51. The number of benzene rings is 1. The van der Waals surface area contributed by atoms with Crippen LogP contribution < -0.4 is 0 Å². The van der Waals surface area contributed by atoms with Crippen molar-refractivity contribution in [3.63, 3.8) is 0 Å². The first-order valence-corrected chi connectivity index (χ1v) is 7.72. The van der Waals surface area contributed by atoms with Crippen molar-refractivity contribution in [3.05, 3.63) is 53.5 Å². The van der Waals surface area contributed by atoms with Crippen LogP contribution in [0.5, 0.6) is 0 Å². The Morgan fingerprint density at radius 3 is 2.50 bits per heavy atom. The molecule has 1 aromatic carbocycles. The third kappa shape index (κ3) is 2.91. The molecule has 0 radical (unpaired) electrons. The van der Waals surface area contributed by atoms with Crippen LogP contribution in [-0.4, -0.2) is 19.5 Å². The van der Waals surface area contributed by atoms with Gasteiger partial charge in [-0.3, -0.25) is 0 Å². The van der Waals surface area contributed by atoms with E-state index in [1.807, 2.05) is 6.92 Å². The van der Waals surface area contributed by atoms with Crippen molar-refractivity contribution in [1.29, 1.82) is 0 Å². The smallest absolute Gasteiger partial charge is 0.371 e. The molecule has 6 heteroatoms. The SMILES string of the molecule is CCc1ccccc1S(=O)(=O)Cc1ccc(C(=O)O)o1. The first kappa shape index (κ1) is 14.3. The van der Waals surface area contributed by atoms with E-state index in [1.165, 1.54) is 12.1 Å². The Morgan fingerprint density at radius 1 is 1.20 bits per heavy atom. The highest BCUT2D eigenvalue weighted by atomic mass is 32.2. The second-order valence-corrected chi connectivity index (χ2v) is 6.25. The molecule has 0 bridgehead atoms. The van der Waals surface area contributed by atoms with Gasteiger partial charge < -0.3 is 9.52 Å². The van der Waals surface area contributed by atoms with Crippen LogP contribution in [0.2, 0.25) is 0 Å². The van der Waals surface area contributed by atoms with Crippen LogP contribution in [0, 0.1) is 0 Å². The molecule has 20 heavy (non-hydrogen) atoms. The number of sulfone groups is 1. The number of hydrogen-bond acceptors (Lipinski definition) is 4. The lowest BCUT2D eigenvalue weighted by Gasteiger charge is -2.07. The van der Waals surface area contributed by atoms with Crippen LogP contribution >= 0.6 is 0 Å². The maximum atomic E-state index is 12.4. The third-order valence-electron chi connectivity index (χ3n) is 2.89. The molecular formula is C14H14O5S. The van der Waals surface area contributed by atoms with E-state index in [0.29, 0.717) is 6.42 Å². The average Bonchev–Trinajstić information content (AvgIpc) is 2.86. The van der Waals surface area contributed by atoms with Crippen molar-refractivity contribution in [1.82, 2.24) is 0 Å². The maximum Gasteiger partial charge on any atom is 0.371 e. The van der Waals surface area contributed by atoms with Crippen molar-refractivity contribution >= 4 is 15.8 Å². The minimum absolute atomic E-state index is 0.119. The molecule has 0 saturated carbocycles. The summed E-state index contributed by atoms with van der Waals surface area (Å²) in [5.74, 6) is -1.72. The van der Waals surface area contributed by atoms with E-state index in [4.69, 9.17) is 9.52 Å². The minimum Gasteiger partial charge on any atom is -0.475 e. The highest BCUT2D eigenvalue weighted by Crippen LogP contribution is 2.22. The first-order valence-electron chi connectivity index (χ1n) is 6.06. The molecule has 106 valence electrons. The van der Waals surface area contributed by atoms with E-state index < -0.39 is 15.8 Å². The van der Waals surface area contributed by atoms with Crippen molar-refractivity contribution < 1.29 is 22.7 Å². The van der Waals surface area contributed by atoms with Gasteiger partial charge in [0.05, 0.1) is 4.90 Å². The van der Waals surface area contributed by atoms with Crippen LogP contribution in [0.3, 0.4) is 0 Å². The number of furan rings is 1. The molecule has 0 aliphatic carbocycles. The van der Waals surface area contributed by atoms with E-state index in [1.54, 1.807) is 24.3 Å². The number of rotatable bonds is 5. The monoisotopic (exact) mass is 294 g/mol. The van der Waals surface area contributed by atoms with E-state index >= 15 is 0 Å². The molecule has 0 aliphatic heterocycles. The molecular weight excluding hydrogens is 280 g/mol. The highest BCUT2D eigenvalue weighted by molar-refractivity contribution is 7.90. The quantitative estimate of drug-likeness (QED) is 0.915. The van der Waals surface area contributed by atoms with Crippen LogP contribution in [0.4, 0.5) is 0 Å². The fraction of sp³-hybridized carbons (Fsp3) is 0.214. The van der Waals surface area contributed by atoms with Gasteiger partial charge in [0.2, 0.25) is 5.76 Å². The third-order valence-corrected chi connectivity index (χ3v) is 4.63. The average molecular weight is 294 g/mol. The number of carboxylic acid groups (broad SMARTS) is 1. The summed E-state index contributed by atoms with van der Waals surface area (Å²) in [6, 6.07) is 9.38. The summed E-state index contributed by atoms with van der Waals surface area (Å²) in [6.07, 6.45) is 0.605. The van der Waals surface area contributed by atoms with Gasteiger partial charge in [-0.15, -0.1) is 0 Å². The molecule has 0 spiro atoms. The topological polar surface area (TPSA) is 84.6 Å². The highest BCUT2D eigenvalue weighted by Gasteiger charge is 2.21. The molecule has 0 saturated heterocycles. The first-order chi connectivity index (χ1) is 9.44. The normalized spacial score (nSPS) is 11.4. The van der Waals surface area contributed by atoms with Crippen molar-refractivity contribution in [3.8, 4) is 0 Å². The Bertz CT molecular complexity index is 728. The number of hydrogen-bond donors (Lipinski definition) is 1. The van der Waals surface area contributed by atoms with Crippen molar-refractivity contribution in [2.24, 2.45) is 0 Å². The minimum atomic E-state index is -3.56. The van der Waals surface area contributed by atoms with Gasteiger partial charge in [0.25, 0.3) is 0 Å². The van der Waals surface area contributed by atoms with Gasteiger partial charge in [-0.05, 0) is 30.2 Å². The fourth-order valence-corrected chi connectivity index (χ4v) is 3.52. The Kier molecular flexibility index (Phi) is 3.94. The van der Waals surface area contributed by atoms with E-state index in [9.17, 15) is 13.2 Å². The molecule has 0 unspecified atom stereocenters. The number of aryl methyl sites for hydroxylation is 1. The molecule has 0 amide bonds. The zero-order valence-corrected chi connectivity index (χ0v) is 11.7. The lowest BCUT2D eigenvalue weighted by atomic mass is 10.2. The molecule has 1 N–H and O–H groups in total. The van der Waals surface area contributed by atoms with Gasteiger partial charge in [0.1, 0.15) is 11.5 Å². The van der Waals surface area contributed by atoms with Crippen LogP contribution in [0.15, 0.2) is 45.7 Å². The molecule has 2 aromatic rings. The summed E-state index contributed by atoms with van der Waals surface area (Å²) in [5.41, 5.74) is 0.734. The Hall–Kier alpha value is -2.08. The molecule has 1 heterocycles. The summed E-state index contributed by atoms with van der Waals surface area (Å²) in [4.78, 5) is 11.0. The van der Waals surface area contributed by atoms with E-state index in [2.05, 4.69) is 0 Å². The van der Waals surface area contributed by atoms with Gasteiger partial charge in [-0.2, -0.15) is 0 Å². The standard InChI is InChI=1S/C14H14O5S/c1-2-10-5-3-4-6-13(10)20(17,18)9-11-7-8-12(19-11)14(15)16/h3-8H,2,9H2,1H3,(H,15,16). The van der Waals surface area contributed by atoms with Crippen molar-refractivity contribution in [2.75, 3.05) is 0 Å². The number of carboxylic acids is 1. The van der Waals surface area contributed by atoms with E-state index in [0.717, 1.165) is 5.56 Å². The van der Waals surface area contributed by atoms with Gasteiger partial charge in [0, 0.05) is 0 Å². The van der Waals surface area contributed by atoms with Gasteiger partial charge >= 0.3 is 5.97 Å². The van der Waals surface area contributed by atoms with Crippen LogP contribution in [-0.2, 0) is 22.0 Å². The Balaban J connectivity index is 2.33. The summed E-state index contributed by atoms with van der Waals surface area (Å²) in [5, 5.41) is 8.75. The summed E-state index contributed by atoms with van der Waals surface area (Å²) in [7, 11) is -3.56. The second kappa shape index (κ2) is 5.50. The number of carbonyl (C=O) groups is 1. The molecule has 5 nitrogen and oxygen atoms in total. The maximum absolute atomic E-state index is 12.4. The van der Waals surface area contributed by atoms with Crippen LogP contribution in [0.25, 0.3) is 0 Å². The summed E-state index contributed by atoms with van der Waals surface area (Å²) >= 11 is 0. The number of aromatic carboxylic acids is 1.